The summed E-state index contributed by atoms with van der Waals surface area (Å²) in [5.41, 5.74) is -1.03. The van der Waals surface area contributed by atoms with Gasteiger partial charge in [0, 0.05) is 5.56 Å². The van der Waals surface area contributed by atoms with Crippen LogP contribution in [0.5, 0.6) is 0 Å². The van der Waals surface area contributed by atoms with Crippen LogP contribution in [0.25, 0.3) is 11.3 Å². The van der Waals surface area contributed by atoms with Gasteiger partial charge in [0.25, 0.3) is 0 Å². The van der Waals surface area contributed by atoms with Crippen LogP contribution >= 0.6 is 12.2 Å². The molecule has 0 saturated heterocycles. The first kappa shape index (κ1) is 14.5. The largest absolute Gasteiger partial charge is 0.449 e. The number of nitrogens with one attached hydrogen (secondary N) is 1. The Kier molecular flexibility index (Phi) is 3.55. The number of H-pyrrole nitrogens is 1. The molecule has 0 amide bonds. The number of aromatic nitrogens is 2. The van der Waals surface area contributed by atoms with Crippen molar-refractivity contribution in [2.75, 3.05) is 0 Å². The van der Waals surface area contributed by atoms with Gasteiger partial charge in [0.2, 0.25) is 5.82 Å². The molecule has 0 aliphatic heterocycles. The number of hydrogen-bond donors (Lipinski definition) is 1. The van der Waals surface area contributed by atoms with E-state index in [1.54, 1.807) is 4.98 Å². The highest BCUT2D eigenvalue weighted by Gasteiger charge is 2.34. The third-order valence-electron chi connectivity index (χ3n) is 2.34. The Morgan fingerprint density at radius 1 is 1.05 bits per heavy atom. The van der Waals surface area contributed by atoms with Crippen LogP contribution in [-0.2, 0) is 6.18 Å². The van der Waals surface area contributed by atoms with Crippen molar-refractivity contribution in [3.8, 4) is 11.3 Å². The molecule has 0 radical (unpaired) electrons. The van der Waals surface area contributed by atoms with E-state index in [9.17, 15) is 26.3 Å². The molecule has 1 aromatic carbocycles. The summed E-state index contributed by atoms with van der Waals surface area (Å²) in [4.78, 5) is 4.84. The van der Waals surface area contributed by atoms with Gasteiger partial charge in [-0.3, -0.25) is 0 Å². The number of nitrogens with zero attached hydrogens (tertiary/aromatic N) is 1. The van der Waals surface area contributed by atoms with Gasteiger partial charge in [0.15, 0.2) is 17.5 Å². The summed E-state index contributed by atoms with van der Waals surface area (Å²) in [6, 6.07) is 2.31. The van der Waals surface area contributed by atoms with Crippen LogP contribution in [0.15, 0.2) is 18.2 Å². The van der Waals surface area contributed by atoms with Crippen molar-refractivity contribution < 1.29 is 26.3 Å². The second kappa shape index (κ2) is 4.89. The molecular weight excluding hydrogens is 306 g/mol. The molecule has 2 nitrogen and oxygen atoms in total. The Morgan fingerprint density at radius 3 is 2.30 bits per heavy atom. The van der Waals surface area contributed by atoms with Gasteiger partial charge >= 0.3 is 6.18 Å². The predicted octanol–water partition coefficient (Wildman–Crippen LogP) is 4.24. The number of benzene rings is 1. The van der Waals surface area contributed by atoms with Gasteiger partial charge in [0.1, 0.15) is 4.64 Å². The molecule has 0 aliphatic carbocycles. The molecule has 0 fully saturated rings. The Balaban J connectivity index is 2.68. The number of hydrogen-bond acceptors (Lipinski definition) is 2. The highest BCUT2D eigenvalue weighted by atomic mass is 32.1. The summed E-state index contributed by atoms with van der Waals surface area (Å²) in [5.74, 6) is -6.30. The van der Waals surface area contributed by atoms with E-state index in [4.69, 9.17) is 0 Å². The summed E-state index contributed by atoms with van der Waals surface area (Å²) in [7, 11) is 0. The molecule has 0 unspecified atom stereocenters. The van der Waals surface area contributed by atoms with Crippen molar-refractivity contribution in [2.24, 2.45) is 0 Å². The fourth-order valence-electron chi connectivity index (χ4n) is 1.47. The third kappa shape index (κ3) is 2.67. The molecule has 2 rings (SSSR count). The van der Waals surface area contributed by atoms with Gasteiger partial charge < -0.3 is 4.98 Å². The lowest BCUT2D eigenvalue weighted by atomic mass is 10.1. The van der Waals surface area contributed by atoms with Crippen LogP contribution in [-0.4, -0.2) is 9.97 Å². The Morgan fingerprint density at radius 2 is 1.70 bits per heavy atom. The van der Waals surface area contributed by atoms with Crippen molar-refractivity contribution in [1.29, 1.82) is 0 Å². The maximum Gasteiger partial charge on any atom is 0.449 e. The van der Waals surface area contributed by atoms with Crippen molar-refractivity contribution >= 4 is 12.2 Å². The first-order valence-corrected chi connectivity index (χ1v) is 5.43. The predicted molar refractivity (Wildman–Crippen MR) is 59.7 cm³/mol. The average molecular weight is 310 g/mol. The van der Waals surface area contributed by atoms with Crippen molar-refractivity contribution in [1.82, 2.24) is 9.97 Å². The van der Waals surface area contributed by atoms with E-state index in [0.29, 0.717) is 6.07 Å². The molecule has 0 saturated carbocycles. The molecule has 1 N–H and O–H groups in total. The standard InChI is InChI=1S/C11H4F6N2S/c12-5-2-1-4(8(13)9(5)14)6-3-7(20)19-10(18-6)11(15,16)17/h1-3H,(H,18,19,20). The van der Waals surface area contributed by atoms with Crippen LogP contribution in [0.1, 0.15) is 5.82 Å². The smallest absolute Gasteiger partial charge is 0.335 e. The van der Waals surface area contributed by atoms with Gasteiger partial charge in [0.05, 0.1) is 5.69 Å². The van der Waals surface area contributed by atoms with E-state index in [1.165, 1.54) is 0 Å². The van der Waals surface area contributed by atoms with Crippen LogP contribution in [0.4, 0.5) is 26.3 Å². The minimum atomic E-state index is -4.83. The summed E-state index contributed by atoms with van der Waals surface area (Å²) < 4.78 is 76.6. The molecule has 20 heavy (non-hydrogen) atoms. The van der Waals surface area contributed by atoms with Gasteiger partial charge in [-0.25, -0.2) is 18.2 Å². The van der Waals surface area contributed by atoms with Crippen LogP contribution in [0.3, 0.4) is 0 Å². The average Bonchev–Trinajstić information content (AvgIpc) is 2.34. The van der Waals surface area contributed by atoms with E-state index >= 15 is 0 Å². The second-order valence-electron chi connectivity index (χ2n) is 3.70. The number of alkyl halides is 3. The number of aromatic amines is 1. The van der Waals surface area contributed by atoms with Gasteiger partial charge in [-0.2, -0.15) is 13.2 Å². The molecule has 106 valence electrons. The van der Waals surface area contributed by atoms with Crippen LogP contribution in [0.2, 0.25) is 0 Å². The molecule has 1 heterocycles. The highest BCUT2D eigenvalue weighted by molar-refractivity contribution is 7.71. The maximum absolute atomic E-state index is 13.5. The monoisotopic (exact) mass is 310 g/mol. The lowest BCUT2D eigenvalue weighted by Crippen LogP contribution is -2.12. The quantitative estimate of drug-likeness (QED) is 0.485. The normalized spacial score (nSPS) is 11.7. The maximum atomic E-state index is 13.5. The second-order valence-corrected chi connectivity index (χ2v) is 4.12. The Hall–Kier alpha value is -1.90. The fraction of sp³-hybridized carbons (Fsp3) is 0.0909. The summed E-state index contributed by atoms with van der Waals surface area (Å²) in [6.07, 6.45) is -4.83. The Bertz CT molecular complexity index is 722. The highest BCUT2D eigenvalue weighted by Crippen LogP contribution is 2.29. The molecule has 0 spiro atoms. The van der Waals surface area contributed by atoms with E-state index in [-0.39, 0.29) is 0 Å². The van der Waals surface area contributed by atoms with Crippen LogP contribution in [0, 0.1) is 22.1 Å². The van der Waals surface area contributed by atoms with E-state index in [0.717, 1.165) is 12.1 Å². The molecular formula is C11H4F6N2S. The van der Waals surface area contributed by atoms with Crippen molar-refractivity contribution in [2.45, 2.75) is 6.18 Å². The zero-order valence-corrected chi connectivity index (χ0v) is 10.2. The molecule has 0 atom stereocenters. The molecule has 9 heteroatoms. The SMILES string of the molecule is Fc1ccc(-c2cc(=S)nc(C(F)(F)F)[nH]2)c(F)c1F. The zero-order valence-electron chi connectivity index (χ0n) is 9.36. The lowest BCUT2D eigenvalue weighted by Gasteiger charge is -2.09. The minimum absolute atomic E-state index is 0.450. The fourth-order valence-corrected chi connectivity index (χ4v) is 1.68. The lowest BCUT2D eigenvalue weighted by molar-refractivity contribution is -0.145. The first-order valence-electron chi connectivity index (χ1n) is 5.02. The third-order valence-corrected chi connectivity index (χ3v) is 2.55. The summed E-state index contributed by atoms with van der Waals surface area (Å²) in [6.45, 7) is 0. The zero-order chi connectivity index (χ0) is 15.1. The first-order chi connectivity index (χ1) is 9.20. The van der Waals surface area contributed by atoms with Crippen LogP contribution < -0.4 is 0 Å². The van der Waals surface area contributed by atoms with E-state index in [1.807, 2.05) is 0 Å². The summed E-state index contributed by atoms with van der Waals surface area (Å²) >= 11 is 4.54. The van der Waals surface area contributed by atoms with Gasteiger partial charge in [-0.1, -0.05) is 12.2 Å². The minimum Gasteiger partial charge on any atom is -0.335 e. The molecule has 2 aromatic rings. The van der Waals surface area contributed by atoms with Crippen molar-refractivity contribution in [3.63, 3.8) is 0 Å². The van der Waals surface area contributed by atoms with Gasteiger partial charge in [-0.15, -0.1) is 0 Å². The number of halogens is 6. The molecule has 1 aromatic heterocycles. The molecule has 0 aliphatic rings. The topological polar surface area (TPSA) is 28.7 Å². The van der Waals surface area contributed by atoms with Crippen molar-refractivity contribution in [3.05, 3.63) is 46.1 Å². The van der Waals surface area contributed by atoms with E-state index in [2.05, 4.69) is 17.2 Å². The number of rotatable bonds is 1. The summed E-state index contributed by atoms with van der Waals surface area (Å²) in [5, 5.41) is 0. The van der Waals surface area contributed by atoms with Gasteiger partial charge in [-0.05, 0) is 18.2 Å². The Labute approximate surface area is 113 Å². The molecule has 0 bridgehead atoms. The van der Waals surface area contributed by atoms with E-state index < -0.39 is 45.4 Å².